The highest BCUT2D eigenvalue weighted by Gasteiger charge is 1.95. The van der Waals surface area contributed by atoms with Gasteiger partial charge in [0.2, 0.25) is 0 Å². The molecule has 0 atom stereocenters. The first-order chi connectivity index (χ1) is 16.1. The molecule has 0 unspecified atom stereocenters. The number of hydrogen-bond donors (Lipinski definition) is 2. The van der Waals surface area contributed by atoms with Gasteiger partial charge in [-0.15, -0.1) is 0 Å². The zero-order chi connectivity index (χ0) is 23.7. The summed E-state index contributed by atoms with van der Waals surface area (Å²) in [5.74, 6) is 4.41. The summed E-state index contributed by atoms with van der Waals surface area (Å²) in [5.41, 5.74) is 5.46. The Labute approximate surface area is 206 Å². The Bertz CT molecular complexity index is 1040. The van der Waals surface area contributed by atoms with E-state index in [0.717, 1.165) is 14.7 Å². The van der Waals surface area contributed by atoms with Gasteiger partial charge in [-0.25, -0.2) is 14.7 Å². The van der Waals surface area contributed by atoms with Crippen molar-refractivity contribution in [1.82, 2.24) is 0 Å². The summed E-state index contributed by atoms with van der Waals surface area (Å²) in [6.07, 6.45) is 0. The molecule has 0 aliphatic rings. The molecule has 172 valence electrons. The van der Waals surface area contributed by atoms with Crippen molar-refractivity contribution >= 4 is 28.3 Å². The third kappa shape index (κ3) is 12.1. The summed E-state index contributed by atoms with van der Waals surface area (Å²) in [6.45, 7) is 0.929. The van der Waals surface area contributed by atoms with E-state index in [1.165, 1.54) is 24.3 Å². The lowest BCUT2D eigenvalue weighted by Crippen LogP contribution is -2.01. The minimum Gasteiger partial charge on any atom is -0.300 e. The van der Waals surface area contributed by atoms with Gasteiger partial charge < -0.3 is 0 Å². The van der Waals surface area contributed by atoms with E-state index in [0.29, 0.717) is 18.9 Å². The maximum Gasteiger partial charge on any atom is 0.125 e. The molecule has 0 radical (unpaired) electrons. The van der Waals surface area contributed by atoms with Crippen molar-refractivity contribution in [2.24, 2.45) is 5.90 Å². The summed E-state index contributed by atoms with van der Waals surface area (Å²) in [4.78, 5) is 9.67. The van der Waals surface area contributed by atoms with Crippen LogP contribution in [0.3, 0.4) is 0 Å². The number of hydrogen-bond acceptors (Lipinski definition) is 4. The molecule has 0 saturated carbocycles. The molecule has 4 aromatic carbocycles. The number of benzene rings is 4. The molecule has 0 aliphatic carbocycles. The SMILES string of the molecule is Fc1cccc(I)c1.Fc1cccc(NOCc2ccccc2)c1.NOCc1ccccc1. The second-order valence-electron chi connectivity index (χ2n) is 6.62. The Kier molecular flexibility index (Phi) is 12.7. The zero-order valence-electron chi connectivity index (χ0n) is 17.8. The Morgan fingerprint density at radius 2 is 1.21 bits per heavy atom. The molecule has 4 nitrogen and oxygen atoms in total. The monoisotopic (exact) mass is 562 g/mol. The highest BCUT2D eigenvalue weighted by Crippen LogP contribution is 2.10. The molecule has 0 bridgehead atoms. The average molecular weight is 562 g/mol. The first-order valence-corrected chi connectivity index (χ1v) is 11.1. The van der Waals surface area contributed by atoms with Crippen molar-refractivity contribution in [1.29, 1.82) is 0 Å². The highest BCUT2D eigenvalue weighted by atomic mass is 127. The van der Waals surface area contributed by atoms with Crippen LogP contribution in [-0.4, -0.2) is 0 Å². The molecular formula is C26H25F2IN2O2. The Morgan fingerprint density at radius 1 is 0.667 bits per heavy atom. The summed E-state index contributed by atoms with van der Waals surface area (Å²) < 4.78 is 25.9. The van der Waals surface area contributed by atoms with Crippen molar-refractivity contribution in [3.05, 3.63) is 136 Å². The molecule has 0 heterocycles. The summed E-state index contributed by atoms with van der Waals surface area (Å²) >= 11 is 2.07. The third-order valence-electron chi connectivity index (χ3n) is 3.98. The minimum atomic E-state index is -0.284. The zero-order valence-corrected chi connectivity index (χ0v) is 20.0. The van der Waals surface area contributed by atoms with Crippen LogP contribution in [0.4, 0.5) is 14.5 Å². The molecule has 0 amide bonds. The van der Waals surface area contributed by atoms with E-state index in [9.17, 15) is 8.78 Å². The maximum absolute atomic E-state index is 12.8. The summed E-state index contributed by atoms with van der Waals surface area (Å²) in [7, 11) is 0. The molecule has 33 heavy (non-hydrogen) atoms. The van der Waals surface area contributed by atoms with Crippen molar-refractivity contribution in [3.63, 3.8) is 0 Å². The lowest BCUT2D eigenvalue weighted by Gasteiger charge is -2.06. The van der Waals surface area contributed by atoms with E-state index < -0.39 is 0 Å². The smallest absolute Gasteiger partial charge is 0.125 e. The number of nitrogens with two attached hydrogens (primary N) is 1. The Hall–Kier alpha value is -2.85. The van der Waals surface area contributed by atoms with E-state index in [2.05, 4.69) is 32.9 Å². The maximum atomic E-state index is 12.8. The van der Waals surface area contributed by atoms with Gasteiger partial charge in [0.15, 0.2) is 0 Å². The fourth-order valence-electron chi connectivity index (χ4n) is 2.46. The van der Waals surface area contributed by atoms with Crippen LogP contribution in [0.1, 0.15) is 11.1 Å². The van der Waals surface area contributed by atoms with Crippen molar-refractivity contribution in [2.45, 2.75) is 13.2 Å². The van der Waals surface area contributed by atoms with Crippen molar-refractivity contribution in [2.75, 3.05) is 5.48 Å². The first-order valence-electron chi connectivity index (χ1n) is 10.0. The van der Waals surface area contributed by atoms with Gasteiger partial charge in [0.25, 0.3) is 0 Å². The van der Waals surface area contributed by atoms with Gasteiger partial charge >= 0.3 is 0 Å². The molecule has 0 aliphatic heterocycles. The second kappa shape index (κ2) is 15.9. The molecule has 4 aromatic rings. The van der Waals surface area contributed by atoms with Crippen LogP contribution in [0.25, 0.3) is 0 Å². The molecule has 0 fully saturated rings. The fourth-order valence-corrected chi connectivity index (χ4v) is 2.96. The summed E-state index contributed by atoms with van der Waals surface area (Å²) in [5, 5.41) is 0. The van der Waals surface area contributed by atoms with Crippen molar-refractivity contribution < 1.29 is 18.5 Å². The molecular weight excluding hydrogens is 537 g/mol. The highest BCUT2D eigenvalue weighted by molar-refractivity contribution is 14.1. The quantitative estimate of drug-likeness (QED) is 0.199. The number of anilines is 1. The van der Waals surface area contributed by atoms with Crippen LogP contribution in [0.15, 0.2) is 109 Å². The fraction of sp³-hybridized carbons (Fsp3) is 0.0769. The topological polar surface area (TPSA) is 56.5 Å². The van der Waals surface area contributed by atoms with Crippen LogP contribution in [0.2, 0.25) is 0 Å². The van der Waals surface area contributed by atoms with E-state index in [1.54, 1.807) is 18.2 Å². The largest absolute Gasteiger partial charge is 0.300 e. The predicted octanol–water partition coefficient (Wildman–Crippen LogP) is 6.88. The average Bonchev–Trinajstić information content (AvgIpc) is 2.82. The van der Waals surface area contributed by atoms with Gasteiger partial charge in [-0.2, -0.15) is 0 Å². The lowest BCUT2D eigenvalue weighted by molar-refractivity contribution is 0.124. The predicted molar refractivity (Wildman–Crippen MR) is 136 cm³/mol. The summed E-state index contributed by atoms with van der Waals surface area (Å²) in [6, 6.07) is 32.2. The molecule has 4 rings (SSSR count). The second-order valence-corrected chi connectivity index (χ2v) is 7.87. The molecule has 0 spiro atoms. The van der Waals surface area contributed by atoms with Gasteiger partial charge in [0.05, 0.1) is 18.9 Å². The van der Waals surface area contributed by atoms with E-state index in [1.807, 2.05) is 66.7 Å². The number of rotatable bonds is 6. The van der Waals surface area contributed by atoms with E-state index in [4.69, 9.17) is 10.7 Å². The first kappa shape index (κ1) is 26.4. The number of nitrogens with one attached hydrogen (secondary N) is 1. The van der Waals surface area contributed by atoms with Crippen LogP contribution in [0.5, 0.6) is 0 Å². The van der Waals surface area contributed by atoms with Gasteiger partial charge in [-0.3, -0.25) is 15.2 Å². The van der Waals surface area contributed by atoms with Gasteiger partial charge in [-0.1, -0.05) is 72.8 Å². The van der Waals surface area contributed by atoms with Crippen LogP contribution >= 0.6 is 22.6 Å². The van der Waals surface area contributed by atoms with Gasteiger partial charge in [0, 0.05) is 3.57 Å². The van der Waals surface area contributed by atoms with Crippen LogP contribution in [-0.2, 0) is 22.9 Å². The van der Waals surface area contributed by atoms with Crippen LogP contribution in [0, 0.1) is 15.2 Å². The molecule has 0 saturated heterocycles. The molecule has 0 aromatic heterocycles. The van der Waals surface area contributed by atoms with Crippen LogP contribution < -0.4 is 11.4 Å². The molecule has 3 N–H and O–H groups in total. The normalized spacial score (nSPS) is 9.70. The Balaban J connectivity index is 0.000000192. The minimum absolute atomic E-state index is 0.170. The van der Waals surface area contributed by atoms with E-state index in [-0.39, 0.29) is 11.6 Å². The lowest BCUT2D eigenvalue weighted by atomic mass is 10.2. The third-order valence-corrected chi connectivity index (χ3v) is 4.65. The number of halogens is 3. The standard InChI is InChI=1S/C13H12FNO.C7H9NO.C6H4FI/c14-12-7-4-8-13(9-12)15-16-10-11-5-2-1-3-6-11;8-9-6-7-4-2-1-3-5-7;7-5-2-1-3-6(8)4-5/h1-9,15H,10H2;1-5H,6,8H2;1-4H. The molecule has 7 heteroatoms. The van der Waals surface area contributed by atoms with E-state index >= 15 is 0 Å². The van der Waals surface area contributed by atoms with Gasteiger partial charge in [0.1, 0.15) is 11.6 Å². The Morgan fingerprint density at radius 3 is 1.70 bits per heavy atom. The van der Waals surface area contributed by atoms with Gasteiger partial charge in [-0.05, 0) is 70.1 Å². The van der Waals surface area contributed by atoms with Crippen molar-refractivity contribution in [3.8, 4) is 0 Å².